The van der Waals surface area contributed by atoms with E-state index >= 15 is 0 Å². The molecular formula is C23H27N3O4. The molecule has 0 saturated carbocycles. The van der Waals surface area contributed by atoms with Gasteiger partial charge in [0.1, 0.15) is 11.2 Å². The van der Waals surface area contributed by atoms with Gasteiger partial charge >= 0.3 is 5.97 Å². The van der Waals surface area contributed by atoms with Crippen molar-refractivity contribution in [2.45, 2.75) is 53.2 Å². The number of nitrogens with one attached hydrogen (secondary N) is 1. The number of pyridine rings is 1. The summed E-state index contributed by atoms with van der Waals surface area (Å²) >= 11 is 0. The van der Waals surface area contributed by atoms with Gasteiger partial charge in [0, 0.05) is 17.4 Å². The average molecular weight is 409 g/mol. The van der Waals surface area contributed by atoms with Crippen LogP contribution in [0.25, 0.3) is 5.65 Å². The molecule has 0 radical (unpaired) electrons. The predicted molar refractivity (Wildman–Crippen MR) is 116 cm³/mol. The van der Waals surface area contributed by atoms with Crippen LogP contribution in [0, 0.1) is 13.8 Å². The smallest absolute Gasteiger partial charge is 0.340 e. The minimum atomic E-state index is -0.608. The minimum Gasteiger partial charge on any atom is -0.493 e. The molecule has 7 nitrogen and oxygen atoms in total. The summed E-state index contributed by atoms with van der Waals surface area (Å²) in [6, 6.07) is 8.71. The maximum atomic E-state index is 12.6. The van der Waals surface area contributed by atoms with Crippen LogP contribution in [0.1, 0.15) is 60.8 Å². The predicted octanol–water partition coefficient (Wildman–Crippen LogP) is 4.15. The number of rotatable bonds is 4. The number of para-hydroxylation sites is 1. The third kappa shape index (κ3) is 4.30. The molecule has 1 unspecified atom stereocenters. The number of esters is 1. The molecule has 2 aromatic heterocycles. The van der Waals surface area contributed by atoms with E-state index in [0.717, 1.165) is 11.1 Å². The number of hydrogen-bond donors (Lipinski definition) is 2. The van der Waals surface area contributed by atoms with Gasteiger partial charge in [-0.05, 0) is 65.3 Å². The van der Waals surface area contributed by atoms with Gasteiger partial charge in [-0.3, -0.25) is 9.20 Å². The minimum absolute atomic E-state index is 0.194. The van der Waals surface area contributed by atoms with E-state index in [4.69, 9.17) is 4.74 Å². The van der Waals surface area contributed by atoms with Gasteiger partial charge < -0.3 is 15.2 Å². The molecule has 0 aliphatic heterocycles. The number of carbonyl (C=O) groups is 1. The van der Waals surface area contributed by atoms with Crippen molar-refractivity contribution in [2.75, 3.05) is 5.32 Å². The van der Waals surface area contributed by atoms with Gasteiger partial charge in [-0.2, -0.15) is 4.98 Å². The second-order valence-corrected chi connectivity index (χ2v) is 8.45. The Morgan fingerprint density at radius 3 is 2.57 bits per heavy atom. The molecule has 3 aromatic rings. The second-order valence-electron chi connectivity index (χ2n) is 8.45. The highest BCUT2D eigenvalue weighted by molar-refractivity contribution is 5.96. The van der Waals surface area contributed by atoms with Gasteiger partial charge in [0.15, 0.2) is 0 Å². The fourth-order valence-electron chi connectivity index (χ4n) is 3.23. The van der Waals surface area contributed by atoms with E-state index in [0.29, 0.717) is 16.9 Å². The van der Waals surface area contributed by atoms with Crippen molar-refractivity contribution >= 4 is 17.3 Å². The third-order valence-corrected chi connectivity index (χ3v) is 4.67. The molecule has 0 aliphatic rings. The maximum absolute atomic E-state index is 12.6. The van der Waals surface area contributed by atoms with Crippen molar-refractivity contribution in [3.8, 4) is 5.88 Å². The first kappa shape index (κ1) is 21.4. The summed E-state index contributed by atoms with van der Waals surface area (Å²) in [5, 5.41) is 13.4. The Kier molecular flexibility index (Phi) is 5.57. The quantitative estimate of drug-likeness (QED) is 0.629. The molecule has 1 aromatic carbocycles. The molecule has 158 valence electrons. The Morgan fingerprint density at radius 2 is 1.90 bits per heavy atom. The van der Waals surface area contributed by atoms with Crippen LogP contribution in [0.15, 0.2) is 41.3 Å². The van der Waals surface area contributed by atoms with Crippen LogP contribution < -0.4 is 10.9 Å². The van der Waals surface area contributed by atoms with Crippen LogP contribution in [-0.4, -0.2) is 26.1 Å². The van der Waals surface area contributed by atoms with Crippen molar-refractivity contribution in [1.82, 2.24) is 9.38 Å². The van der Waals surface area contributed by atoms with Crippen LogP contribution in [-0.2, 0) is 4.74 Å². The molecule has 0 spiro atoms. The zero-order valence-corrected chi connectivity index (χ0v) is 18.1. The number of hydrogen-bond acceptors (Lipinski definition) is 6. The topological polar surface area (TPSA) is 92.9 Å². The molecular weight excluding hydrogens is 382 g/mol. The Labute approximate surface area is 175 Å². The lowest BCUT2D eigenvalue weighted by Crippen LogP contribution is -2.25. The standard InChI is InChI=1S/C23H27N3O4/c1-13-11-17(19-25-20(27)14(2)21(28)26(19)12-13)15(3)24-18-10-8-7-9-16(18)22(29)30-23(4,5)6/h7-12,15,24,27H,1-6H3. The summed E-state index contributed by atoms with van der Waals surface area (Å²) in [7, 11) is 0. The molecule has 2 N–H and O–H groups in total. The summed E-state index contributed by atoms with van der Waals surface area (Å²) in [6.45, 7) is 10.8. The summed E-state index contributed by atoms with van der Waals surface area (Å²) < 4.78 is 6.96. The van der Waals surface area contributed by atoms with Gasteiger partial charge in [-0.1, -0.05) is 12.1 Å². The number of aromatic hydroxyl groups is 1. The van der Waals surface area contributed by atoms with Crippen molar-refractivity contribution < 1.29 is 14.6 Å². The highest BCUT2D eigenvalue weighted by Crippen LogP contribution is 2.27. The number of nitrogens with zero attached hydrogens (tertiary/aromatic N) is 2. The van der Waals surface area contributed by atoms with Gasteiger partial charge in [0.25, 0.3) is 5.56 Å². The Bertz CT molecular complexity index is 1180. The van der Waals surface area contributed by atoms with E-state index in [9.17, 15) is 14.7 Å². The summed E-state index contributed by atoms with van der Waals surface area (Å²) in [6.07, 6.45) is 1.70. The number of aromatic nitrogens is 2. The van der Waals surface area contributed by atoms with Crippen molar-refractivity contribution in [3.63, 3.8) is 0 Å². The van der Waals surface area contributed by atoms with E-state index in [1.807, 2.05) is 46.8 Å². The summed E-state index contributed by atoms with van der Waals surface area (Å²) in [5.41, 5.74) is 2.26. The van der Waals surface area contributed by atoms with E-state index in [1.54, 1.807) is 24.4 Å². The first-order valence-corrected chi connectivity index (χ1v) is 9.79. The summed E-state index contributed by atoms with van der Waals surface area (Å²) in [4.78, 5) is 29.5. The number of ether oxygens (including phenoxy) is 1. The molecule has 0 fully saturated rings. The molecule has 3 rings (SSSR count). The number of fused-ring (bicyclic) bond motifs is 1. The first-order valence-electron chi connectivity index (χ1n) is 9.79. The lowest BCUT2D eigenvalue weighted by molar-refractivity contribution is 0.00706. The van der Waals surface area contributed by atoms with Gasteiger partial charge in [-0.25, -0.2) is 4.79 Å². The highest BCUT2D eigenvalue weighted by atomic mass is 16.6. The molecule has 30 heavy (non-hydrogen) atoms. The molecule has 7 heteroatoms. The zero-order chi connectivity index (χ0) is 22.2. The lowest BCUT2D eigenvalue weighted by atomic mass is 10.1. The molecule has 0 saturated heterocycles. The largest absolute Gasteiger partial charge is 0.493 e. The number of benzene rings is 1. The van der Waals surface area contributed by atoms with Crippen molar-refractivity contribution in [3.05, 3.63) is 69.1 Å². The second kappa shape index (κ2) is 7.82. The van der Waals surface area contributed by atoms with E-state index in [2.05, 4.69) is 10.3 Å². The highest BCUT2D eigenvalue weighted by Gasteiger charge is 2.22. The molecule has 0 bridgehead atoms. The Morgan fingerprint density at radius 1 is 1.23 bits per heavy atom. The van der Waals surface area contributed by atoms with Gasteiger partial charge in [-0.15, -0.1) is 0 Å². The van der Waals surface area contributed by atoms with E-state index in [-0.39, 0.29) is 23.0 Å². The normalized spacial score (nSPS) is 12.6. The zero-order valence-electron chi connectivity index (χ0n) is 18.1. The number of anilines is 1. The molecule has 1 atom stereocenters. The molecule has 2 heterocycles. The first-order chi connectivity index (χ1) is 14.0. The fraction of sp³-hybridized carbons (Fsp3) is 0.348. The van der Waals surface area contributed by atoms with Crippen molar-refractivity contribution in [1.29, 1.82) is 0 Å². The van der Waals surface area contributed by atoms with Crippen molar-refractivity contribution in [2.24, 2.45) is 0 Å². The SMILES string of the molecule is Cc1cc(C(C)Nc2ccccc2C(=O)OC(C)(C)C)c2nc(O)c(C)c(=O)n2c1. The van der Waals surface area contributed by atoms with Crippen LogP contribution in [0.5, 0.6) is 5.88 Å². The van der Waals surface area contributed by atoms with E-state index < -0.39 is 11.6 Å². The van der Waals surface area contributed by atoms with Gasteiger partial charge in [0.2, 0.25) is 5.88 Å². The number of aryl methyl sites for hydroxylation is 1. The summed E-state index contributed by atoms with van der Waals surface area (Å²) in [5.74, 6) is -0.707. The number of carbonyl (C=O) groups excluding carboxylic acids is 1. The van der Waals surface area contributed by atoms with Crippen LogP contribution in [0.2, 0.25) is 0 Å². The van der Waals surface area contributed by atoms with Crippen LogP contribution >= 0.6 is 0 Å². The van der Waals surface area contributed by atoms with Gasteiger partial charge in [0.05, 0.1) is 17.2 Å². The average Bonchev–Trinajstić information content (AvgIpc) is 2.65. The van der Waals surface area contributed by atoms with E-state index in [1.165, 1.54) is 11.3 Å². The Balaban J connectivity index is 2.04. The monoisotopic (exact) mass is 409 g/mol. The van der Waals surface area contributed by atoms with Crippen LogP contribution in [0.3, 0.4) is 0 Å². The molecule has 0 amide bonds. The Hall–Kier alpha value is -3.35. The third-order valence-electron chi connectivity index (χ3n) is 4.67. The van der Waals surface area contributed by atoms with Crippen LogP contribution in [0.4, 0.5) is 5.69 Å². The molecule has 0 aliphatic carbocycles. The lowest BCUT2D eigenvalue weighted by Gasteiger charge is -2.23. The fourth-order valence-corrected chi connectivity index (χ4v) is 3.23. The maximum Gasteiger partial charge on any atom is 0.340 e.